The minimum absolute atomic E-state index is 0.129. The summed E-state index contributed by atoms with van der Waals surface area (Å²) in [6.07, 6.45) is 4.79. The maximum absolute atomic E-state index is 9.29. The van der Waals surface area contributed by atoms with Crippen LogP contribution in [0.2, 0.25) is 0 Å². The summed E-state index contributed by atoms with van der Waals surface area (Å²) in [6, 6.07) is 0. The molecule has 0 unspecified atom stereocenters. The Balaban J connectivity index is 2.07. The fraction of sp³-hybridized carbons (Fsp3) is 0.750. The predicted octanol–water partition coefficient (Wildman–Crippen LogP) is 2.43. The van der Waals surface area contributed by atoms with Crippen LogP contribution >= 0.6 is 11.3 Å². The number of aliphatic hydroxyl groups excluding tert-OH is 1. The molecule has 1 heterocycles. The molecule has 0 saturated heterocycles. The zero-order chi connectivity index (χ0) is 11.5. The van der Waals surface area contributed by atoms with Crippen LogP contribution in [0, 0.1) is 5.92 Å². The van der Waals surface area contributed by atoms with E-state index in [-0.39, 0.29) is 6.61 Å². The van der Waals surface area contributed by atoms with Crippen LogP contribution in [0.5, 0.6) is 0 Å². The van der Waals surface area contributed by atoms with Crippen molar-refractivity contribution in [3.63, 3.8) is 0 Å². The maximum Gasteiger partial charge on any atom is 0.185 e. The van der Waals surface area contributed by atoms with Crippen LogP contribution in [0.4, 0.5) is 5.13 Å². The standard InChI is InChI=1S/C12H20N2OS/c1-3-4-10-11(8-15)16-12(13-10)14(2)7-9-5-6-9/h9,15H,3-8H2,1-2H3. The Morgan fingerprint density at radius 3 is 2.81 bits per heavy atom. The lowest BCUT2D eigenvalue weighted by Crippen LogP contribution is -2.19. The number of thiazole rings is 1. The molecule has 0 spiro atoms. The van der Waals surface area contributed by atoms with Crippen molar-refractivity contribution < 1.29 is 5.11 Å². The monoisotopic (exact) mass is 240 g/mol. The van der Waals surface area contributed by atoms with Crippen LogP contribution in [-0.4, -0.2) is 23.7 Å². The third-order valence-corrected chi connectivity index (χ3v) is 4.15. The van der Waals surface area contributed by atoms with E-state index in [1.54, 1.807) is 11.3 Å². The van der Waals surface area contributed by atoms with Gasteiger partial charge in [0.2, 0.25) is 0 Å². The molecule has 1 aromatic rings. The number of nitrogens with zero attached hydrogens (tertiary/aromatic N) is 2. The van der Waals surface area contributed by atoms with Gasteiger partial charge in [-0.25, -0.2) is 4.98 Å². The van der Waals surface area contributed by atoms with Crippen LogP contribution in [0.1, 0.15) is 36.8 Å². The average molecular weight is 240 g/mol. The number of rotatable bonds is 6. The molecular formula is C12H20N2OS. The predicted molar refractivity (Wildman–Crippen MR) is 68.0 cm³/mol. The molecule has 0 radical (unpaired) electrons. The van der Waals surface area contributed by atoms with Gasteiger partial charge in [-0.3, -0.25) is 0 Å². The number of hydrogen-bond donors (Lipinski definition) is 1. The van der Waals surface area contributed by atoms with Crippen LogP contribution < -0.4 is 4.90 Å². The molecule has 1 N–H and O–H groups in total. The first-order valence-electron chi connectivity index (χ1n) is 6.05. The molecule has 1 saturated carbocycles. The summed E-state index contributed by atoms with van der Waals surface area (Å²) in [6.45, 7) is 3.39. The van der Waals surface area contributed by atoms with Crippen LogP contribution in [-0.2, 0) is 13.0 Å². The summed E-state index contributed by atoms with van der Waals surface area (Å²) in [4.78, 5) is 7.91. The van der Waals surface area contributed by atoms with E-state index >= 15 is 0 Å². The Labute approximate surface area is 101 Å². The Bertz CT molecular complexity index is 347. The molecule has 1 aliphatic carbocycles. The topological polar surface area (TPSA) is 36.4 Å². The lowest BCUT2D eigenvalue weighted by molar-refractivity contribution is 0.284. The summed E-state index contributed by atoms with van der Waals surface area (Å²) in [5, 5.41) is 10.4. The molecule has 0 bridgehead atoms. The van der Waals surface area contributed by atoms with Gasteiger partial charge < -0.3 is 10.0 Å². The highest BCUT2D eigenvalue weighted by Gasteiger charge is 2.24. The van der Waals surface area contributed by atoms with Crippen LogP contribution in [0.25, 0.3) is 0 Å². The second kappa shape index (κ2) is 5.15. The molecule has 1 fully saturated rings. The van der Waals surface area contributed by atoms with Crippen molar-refractivity contribution in [3.05, 3.63) is 10.6 Å². The Kier molecular flexibility index (Phi) is 3.82. The Morgan fingerprint density at radius 2 is 2.25 bits per heavy atom. The third kappa shape index (κ3) is 2.74. The molecule has 0 amide bonds. The average Bonchev–Trinajstić information content (AvgIpc) is 2.97. The van der Waals surface area contributed by atoms with E-state index in [1.165, 1.54) is 12.8 Å². The first kappa shape index (κ1) is 11.9. The van der Waals surface area contributed by atoms with Gasteiger partial charge in [0.05, 0.1) is 17.2 Å². The van der Waals surface area contributed by atoms with Crippen molar-refractivity contribution in [1.29, 1.82) is 0 Å². The Morgan fingerprint density at radius 1 is 1.50 bits per heavy atom. The van der Waals surface area contributed by atoms with E-state index in [4.69, 9.17) is 0 Å². The van der Waals surface area contributed by atoms with Crippen molar-refractivity contribution in [2.45, 2.75) is 39.2 Å². The molecule has 2 rings (SSSR count). The van der Waals surface area contributed by atoms with E-state index < -0.39 is 0 Å². The van der Waals surface area contributed by atoms with Gasteiger partial charge in [0.15, 0.2) is 5.13 Å². The highest BCUT2D eigenvalue weighted by molar-refractivity contribution is 7.15. The van der Waals surface area contributed by atoms with Gasteiger partial charge in [0.1, 0.15) is 0 Å². The molecule has 3 nitrogen and oxygen atoms in total. The fourth-order valence-corrected chi connectivity index (χ4v) is 2.79. The fourth-order valence-electron chi connectivity index (χ4n) is 1.85. The molecule has 0 aromatic carbocycles. The van der Waals surface area contributed by atoms with E-state index in [1.807, 2.05) is 0 Å². The summed E-state index contributed by atoms with van der Waals surface area (Å²) < 4.78 is 0. The first-order chi connectivity index (χ1) is 7.74. The van der Waals surface area contributed by atoms with Gasteiger partial charge in [-0.1, -0.05) is 24.7 Å². The minimum atomic E-state index is 0.129. The quantitative estimate of drug-likeness (QED) is 0.829. The summed E-state index contributed by atoms with van der Waals surface area (Å²) in [5.41, 5.74) is 1.09. The number of anilines is 1. The van der Waals surface area contributed by atoms with Crippen molar-refractivity contribution in [2.75, 3.05) is 18.5 Å². The SMILES string of the molecule is CCCc1nc(N(C)CC2CC2)sc1CO. The lowest BCUT2D eigenvalue weighted by Gasteiger charge is -2.14. The van der Waals surface area contributed by atoms with Gasteiger partial charge in [-0.15, -0.1) is 0 Å². The number of aliphatic hydroxyl groups is 1. The molecule has 16 heavy (non-hydrogen) atoms. The largest absolute Gasteiger partial charge is 0.391 e. The second-order valence-electron chi connectivity index (χ2n) is 4.60. The summed E-state index contributed by atoms with van der Waals surface area (Å²) in [5.74, 6) is 0.876. The highest BCUT2D eigenvalue weighted by atomic mass is 32.1. The maximum atomic E-state index is 9.29. The Hall–Kier alpha value is -0.610. The number of hydrogen-bond acceptors (Lipinski definition) is 4. The molecule has 1 aliphatic rings. The summed E-state index contributed by atoms with van der Waals surface area (Å²) >= 11 is 1.64. The minimum Gasteiger partial charge on any atom is -0.391 e. The van der Waals surface area contributed by atoms with E-state index in [2.05, 4.69) is 23.9 Å². The van der Waals surface area contributed by atoms with Crippen molar-refractivity contribution in [3.8, 4) is 0 Å². The van der Waals surface area contributed by atoms with Crippen molar-refractivity contribution in [1.82, 2.24) is 4.98 Å². The third-order valence-electron chi connectivity index (χ3n) is 2.95. The molecule has 0 aliphatic heterocycles. The van der Waals surface area contributed by atoms with Gasteiger partial charge in [-0.2, -0.15) is 0 Å². The highest BCUT2D eigenvalue weighted by Crippen LogP contribution is 2.33. The molecule has 90 valence electrons. The summed E-state index contributed by atoms with van der Waals surface area (Å²) in [7, 11) is 2.11. The van der Waals surface area contributed by atoms with Crippen LogP contribution in [0.15, 0.2) is 0 Å². The number of aryl methyl sites for hydroxylation is 1. The van der Waals surface area contributed by atoms with Crippen molar-refractivity contribution in [2.24, 2.45) is 5.92 Å². The normalized spacial score (nSPS) is 15.4. The smallest absolute Gasteiger partial charge is 0.185 e. The second-order valence-corrected chi connectivity index (χ2v) is 5.66. The van der Waals surface area contributed by atoms with Gasteiger partial charge >= 0.3 is 0 Å². The van der Waals surface area contributed by atoms with Crippen LogP contribution in [0.3, 0.4) is 0 Å². The molecule has 1 aromatic heterocycles. The van der Waals surface area contributed by atoms with E-state index in [0.29, 0.717) is 0 Å². The first-order valence-corrected chi connectivity index (χ1v) is 6.86. The van der Waals surface area contributed by atoms with Crippen molar-refractivity contribution >= 4 is 16.5 Å². The molecule has 0 atom stereocenters. The zero-order valence-corrected chi connectivity index (χ0v) is 10.9. The zero-order valence-electron chi connectivity index (χ0n) is 10.1. The molecular weight excluding hydrogens is 220 g/mol. The number of aromatic nitrogens is 1. The lowest BCUT2D eigenvalue weighted by atomic mass is 10.2. The van der Waals surface area contributed by atoms with E-state index in [0.717, 1.165) is 41.0 Å². The van der Waals surface area contributed by atoms with Gasteiger partial charge in [0, 0.05) is 13.6 Å². The van der Waals surface area contributed by atoms with Gasteiger partial charge in [-0.05, 0) is 25.2 Å². The van der Waals surface area contributed by atoms with Gasteiger partial charge in [0.25, 0.3) is 0 Å². The molecule has 4 heteroatoms. The van der Waals surface area contributed by atoms with E-state index in [9.17, 15) is 5.11 Å².